The van der Waals surface area contributed by atoms with Crippen molar-refractivity contribution in [3.8, 4) is 0 Å². The van der Waals surface area contributed by atoms with Crippen molar-refractivity contribution in [2.24, 2.45) is 0 Å². The van der Waals surface area contributed by atoms with E-state index >= 15 is 0 Å². The average Bonchev–Trinajstić information content (AvgIpc) is 2.58. The maximum absolute atomic E-state index is 11.9. The standard InChI is InChI=1S/C17H22N4O2/c1-21-7-8-23-15(12-21)11-20-17(22)19-10-13-4-5-16-14(9-13)3-2-6-18-16/h2-6,9,15H,7-8,10-12H2,1H3,(H2,19,20,22). The quantitative estimate of drug-likeness (QED) is 0.894. The predicted octanol–water partition coefficient (Wildman–Crippen LogP) is 1.36. The number of nitrogens with zero attached hydrogens (tertiary/aromatic N) is 2. The zero-order valence-corrected chi connectivity index (χ0v) is 13.3. The molecule has 6 heteroatoms. The highest BCUT2D eigenvalue weighted by atomic mass is 16.5. The first-order chi connectivity index (χ1) is 11.2. The molecule has 1 unspecified atom stereocenters. The van der Waals surface area contributed by atoms with Gasteiger partial charge < -0.3 is 20.3 Å². The van der Waals surface area contributed by atoms with Crippen LogP contribution in [0.3, 0.4) is 0 Å². The summed E-state index contributed by atoms with van der Waals surface area (Å²) in [4.78, 5) is 18.4. The molecule has 0 radical (unpaired) electrons. The highest BCUT2D eigenvalue weighted by molar-refractivity contribution is 5.79. The first-order valence-corrected chi connectivity index (χ1v) is 7.86. The number of benzene rings is 1. The molecule has 1 aromatic heterocycles. The number of morpholine rings is 1. The van der Waals surface area contributed by atoms with Crippen molar-refractivity contribution in [1.82, 2.24) is 20.5 Å². The third-order valence-electron chi connectivity index (χ3n) is 3.95. The number of rotatable bonds is 4. The maximum atomic E-state index is 11.9. The van der Waals surface area contributed by atoms with Crippen LogP contribution < -0.4 is 10.6 Å². The number of nitrogens with one attached hydrogen (secondary N) is 2. The van der Waals surface area contributed by atoms with Crippen LogP contribution in [-0.2, 0) is 11.3 Å². The third kappa shape index (κ3) is 4.40. The van der Waals surface area contributed by atoms with Crippen molar-refractivity contribution in [1.29, 1.82) is 0 Å². The van der Waals surface area contributed by atoms with Gasteiger partial charge in [-0.05, 0) is 30.8 Å². The van der Waals surface area contributed by atoms with E-state index in [1.807, 2.05) is 30.3 Å². The average molecular weight is 314 g/mol. The number of hydrogen-bond donors (Lipinski definition) is 2. The van der Waals surface area contributed by atoms with Crippen molar-refractivity contribution >= 4 is 16.9 Å². The van der Waals surface area contributed by atoms with Crippen LogP contribution >= 0.6 is 0 Å². The molecular formula is C17H22N4O2. The van der Waals surface area contributed by atoms with Gasteiger partial charge in [0.2, 0.25) is 0 Å². The van der Waals surface area contributed by atoms with E-state index in [2.05, 4.69) is 27.6 Å². The number of carbonyl (C=O) groups is 1. The predicted molar refractivity (Wildman–Crippen MR) is 89.2 cm³/mol. The summed E-state index contributed by atoms with van der Waals surface area (Å²) in [6.45, 7) is 3.52. The van der Waals surface area contributed by atoms with Gasteiger partial charge in [-0.1, -0.05) is 12.1 Å². The van der Waals surface area contributed by atoms with Crippen LogP contribution in [0, 0.1) is 0 Å². The second-order valence-electron chi connectivity index (χ2n) is 5.85. The Bertz CT molecular complexity index is 676. The molecule has 122 valence electrons. The molecule has 2 amide bonds. The molecule has 0 saturated carbocycles. The van der Waals surface area contributed by atoms with Crippen LogP contribution in [0.1, 0.15) is 5.56 Å². The van der Waals surface area contributed by atoms with E-state index in [0.717, 1.165) is 36.2 Å². The van der Waals surface area contributed by atoms with Crippen molar-refractivity contribution in [2.75, 3.05) is 33.3 Å². The number of urea groups is 1. The van der Waals surface area contributed by atoms with Crippen LogP contribution in [0.4, 0.5) is 4.79 Å². The van der Waals surface area contributed by atoms with Gasteiger partial charge in [-0.2, -0.15) is 0 Å². The number of likely N-dealkylation sites (N-methyl/N-ethyl adjacent to an activating group) is 1. The monoisotopic (exact) mass is 314 g/mol. The van der Waals surface area contributed by atoms with Gasteiger partial charge >= 0.3 is 6.03 Å². The van der Waals surface area contributed by atoms with Gasteiger partial charge in [0.15, 0.2) is 0 Å². The fourth-order valence-corrected chi connectivity index (χ4v) is 2.68. The van der Waals surface area contributed by atoms with Gasteiger partial charge in [0.25, 0.3) is 0 Å². The Morgan fingerprint density at radius 1 is 1.39 bits per heavy atom. The zero-order chi connectivity index (χ0) is 16.1. The van der Waals surface area contributed by atoms with Crippen LogP contribution in [0.5, 0.6) is 0 Å². The van der Waals surface area contributed by atoms with Crippen molar-refractivity contribution in [2.45, 2.75) is 12.6 Å². The van der Waals surface area contributed by atoms with Crippen molar-refractivity contribution < 1.29 is 9.53 Å². The molecule has 1 aliphatic rings. The van der Waals surface area contributed by atoms with Crippen LogP contribution in [0.15, 0.2) is 36.5 Å². The second kappa shape index (κ2) is 7.39. The summed E-state index contributed by atoms with van der Waals surface area (Å²) in [6, 6.07) is 9.75. The lowest BCUT2D eigenvalue weighted by atomic mass is 10.1. The first kappa shape index (κ1) is 15.7. The minimum Gasteiger partial charge on any atom is -0.374 e. The van der Waals surface area contributed by atoms with E-state index in [9.17, 15) is 4.79 Å². The Balaban J connectivity index is 1.46. The van der Waals surface area contributed by atoms with E-state index < -0.39 is 0 Å². The molecule has 1 fully saturated rings. The lowest BCUT2D eigenvalue weighted by Crippen LogP contribution is -2.47. The first-order valence-electron chi connectivity index (χ1n) is 7.86. The fraction of sp³-hybridized carbons (Fsp3) is 0.412. The molecule has 1 atom stereocenters. The van der Waals surface area contributed by atoms with Gasteiger partial charge in [-0.15, -0.1) is 0 Å². The molecule has 2 heterocycles. The van der Waals surface area contributed by atoms with Gasteiger partial charge in [0.05, 0.1) is 18.2 Å². The van der Waals surface area contributed by atoms with Gasteiger partial charge in [-0.3, -0.25) is 4.98 Å². The number of aromatic nitrogens is 1. The smallest absolute Gasteiger partial charge is 0.315 e. The van der Waals surface area contributed by atoms with Crippen LogP contribution in [0.25, 0.3) is 10.9 Å². The Labute approximate surface area is 135 Å². The van der Waals surface area contributed by atoms with E-state index in [1.54, 1.807) is 6.20 Å². The van der Waals surface area contributed by atoms with Crippen LogP contribution in [0.2, 0.25) is 0 Å². The molecule has 1 aliphatic heterocycles. The van der Waals surface area contributed by atoms with E-state index in [1.165, 1.54) is 0 Å². The van der Waals surface area contributed by atoms with E-state index in [0.29, 0.717) is 13.1 Å². The summed E-state index contributed by atoms with van der Waals surface area (Å²) in [6.07, 6.45) is 1.84. The minimum absolute atomic E-state index is 0.0613. The molecule has 1 aromatic carbocycles. The molecular weight excluding hydrogens is 292 g/mol. The highest BCUT2D eigenvalue weighted by Gasteiger charge is 2.17. The van der Waals surface area contributed by atoms with E-state index in [-0.39, 0.29) is 12.1 Å². The molecule has 6 nitrogen and oxygen atoms in total. The topological polar surface area (TPSA) is 66.5 Å². The van der Waals surface area contributed by atoms with Gasteiger partial charge in [0.1, 0.15) is 0 Å². The second-order valence-corrected chi connectivity index (χ2v) is 5.85. The summed E-state index contributed by atoms with van der Waals surface area (Å²) in [5.41, 5.74) is 2.01. The summed E-state index contributed by atoms with van der Waals surface area (Å²) in [5.74, 6) is 0. The zero-order valence-electron chi connectivity index (χ0n) is 13.3. The molecule has 0 aliphatic carbocycles. The minimum atomic E-state index is -0.173. The molecule has 0 bridgehead atoms. The molecule has 23 heavy (non-hydrogen) atoms. The van der Waals surface area contributed by atoms with Crippen molar-refractivity contribution in [3.05, 3.63) is 42.1 Å². The number of carbonyl (C=O) groups excluding carboxylic acids is 1. The third-order valence-corrected chi connectivity index (χ3v) is 3.95. The summed E-state index contributed by atoms with van der Waals surface area (Å²) < 4.78 is 5.62. The summed E-state index contributed by atoms with van der Waals surface area (Å²) in [7, 11) is 2.06. The summed E-state index contributed by atoms with van der Waals surface area (Å²) in [5, 5.41) is 6.82. The molecule has 2 N–H and O–H groups in total. The SMILES string of the molecule is CN1CCOC(CNC(=O)NCc2ccc3ncccc3c2)C1. The Morgan fingerprint density at radius 2 is 2.30 bits per heavy atom. The van der Waals surface area contributed by atoms with Crippen LogP contribution in [-0.4, -0.2) is 55.3 Å². The number of hydrogen-bond acceptors (Lipinski definition) is 4. The molecule has 2 aromatic rings. The Kier molecular flexibility index (Phi) is 5.05. The number of amides is 2. The lowest BCUT2D eigenvalue weighted by Gasteiger charge is -2.30. The maximum Gasteiger partial charge on any atom is 0.315 e. The van der Waals surface area contributed by atoms with Gasteiger partial charge in [0, 0.05) is 37.8 Å². The molecule has 1 saturated heterocycles. The number of pyridine rings is 1. The number of ether oxygens (including phenoxy) is 1. The number of fused-ring (bicyclic) bond motifs is 1. The summed E-state index contributed by atoms with van der Waals surface area (Å²) >= 11 is 0. The van der Waals surface area contributed by atoms with Crippen molar-refractivity contribution in [3.63, 3.8) is 0 Å². The normalized spacial score (nSPS) is 18.7. The lowest BCUT2D eigenvalue weighted by molar-refractivity contribution is -0.0167. The van der Waals surface area contributed by atoms with E-state index in [4.69, 9.17) is 4.74 Å². The Hall–Kier alpha value is -2.18. The Morgan fingerprint density at radius 3 is 3.17 bits per heavy atom. The fourth-order valence-electron chi connectivity index (χ4n) is 2.68. The largest absolute Gasteiger partial charge is 0.374 e. The highest BCUT2D eigenvalue weighted by Crippen LogP contribution is 2.13. The molecule has 0 spiro atoms. The van der Waals surface area contributed by atoms with Gasteiger partial charge in [-0.25, -0.2) is 4.79 Å². The molecule has 3 rings (SSSR count).